The molecule has 3 heterocycles. The Morgan fingerprint density at radius 2 is 1.81 bits per heavy atom. The third-order valence-electron chi connectivity index (χ3n) is 5.15. The van der Waals surface area contributed by atoms with Crippen molar-refractivity contribution in [1.29, 1.82) is 0 Å². The quantitative estimate of drug-likeness (QED) is 0.340. The van der Waals surface area contributed by atoms with Gasteiger partial charge in [-0.1, -0.05) is 43.3 Å². The monoisotopic (exact) mass is 468 g/mol. The van der Waals surface area contributed by atoms with E-state index in [4.69, 9.17) is 4.98 Å². The van der Waals surface area contributed by atoms with Crippen LogP contribution in [0.2, 0.25) is 0 Å². The molecule has 166 valence electrons. The fraction of sp³-hybridized carbons (Fsp3) is 0.318. The fourth-order valence-corrected chi connectivity index (χ4v) is 5.06. The Hall–Kier alpha value is -2.98. The lowest BCUT2D eigenvalue weighted by atomic mass is 10.1. The molecule has 0 radical (unpaired) electrons. The Kier molecular flexibility index (Phi) is 6.16. The van der Waals surface area contributed by atoms with Crippen molar-refractivity contribution >= 4 is 50.8 Å². The van der Waals surface area contributed by atoms with Gasteiger partial charge in [0.15, 0.2) is 10.8 Å². The highest BCUT2D eigenvalue weighted by Gasteiger charge is 2.21. The predicted octanol–water partition coefficient (Wildman–Crippen LogP) is 3.94. The van der Waals surface area contributed by atoms with E-state index in [1.54, 1.807) is 23.5 Å². The van der Waals surface area contributed by atoms with E-state index < -0.39 is 0 Å². The van der Waals surface area contributed by atoms with E-state index in [9.17, 15) is 9.59 Å². The van der Waals surface area contributed by atoms with Crippen molar-refractivity contribution in [1.82, 2.24) is 30.4 Å². The predicted molar refractivity (Wildman–Crippen MR) is 127 cm³/mol. The van der Waals surface area contributed by atoms with Crippen molar-refractivity contribution < 1.29 is 9.59 Å². The van der Waals surface area contributed by atoms with Gasteiger partial charge in [0.25, 0.3) is 5.91 Å². The van der Waals surface area contributed by atoms with Gasteiger partial charge in [0.1, 0.15) is 10.7 Å². The maximum Gasteiger partial charge on any atom is 0.269 e. The summed E-state index contributed by atoms with van der Waals surface area (Å²) >= 11 is 2.91. The number of aryl methyl sites for hydroxylation is 3. The summed E-state index contributed by atoms with van der Waals surface area (Å²) in [4.78, 5) is 31.5. The molecule has 0 fully saturated rings. The van der Waals surface area contributed by atoms with Gasteiger partial charge in [0, 0.05) is 16.4 Å². The van der Waals surface area contributed by atoms with Gasteiger partial charge in [-0.3, -0.25) is 24.8 Å². The molecule has 2 N–H and O–H groups in total. The Labute approximate surface area is 193 Å². The second-order valence-electron chi connectivity index (χ2n) is 7.89. The lowest BCUT2D eigenvalue weighted by Gasteiger charge is -2.11. The molecule has 0 saturated carbocycles. The number of nitrogens with one attached hydrogen (secondary N) is 2. The summed E-state index contributed by atoms with van der Waals surface area (Å²) in [6.45, 7) is 10.2. The van der Waals surface area contributed by atoms with E-state index in [0.717, 1.165) is 32.8 Å². The summed E-state index contributed by atoms with van der Waals surface area (Å²) in [5.74, 6) is 0.381. The minimum absolute atomic E-state index is 0.0756. The lowest BCUT2D eigenvalue weighted by molar-refractivity contribution is -0.119. The SMILES string of the molecule is Cc1ccc(C(=O)NNC(=O)CSc2nnc3c4c(C)c(C)sc4nc(C(C)C)n23)cc1. The molecule has 0 atom stereocenters. The van der Waals surface area contributed by atoms with E-state index in [1.165, 1.54) is 16.6 Å². The number of amides is 2. The number of fused-ring (bicyclic) bond motifs is 3. The van der Waals surface area contributed by atoms with Crippen LogP contribution in [-0.4, -0.2) is 37.1 Å². The van der Waals surface area contributed by atoms with Crippen LogP contribution in [0, 0.1) is 20.8 Å². The first-order valence-corrected chi connectivity index (χ1v) is 12.0. The van der Waals surface area contributed by atoms with E-state index in [1.807, 2.05) is 23.5 Å². The number of thioether (sulfide) groups is 1. The largest absolute Gasteiger partial charge is 0.272 e. The molecule has 10 heteroatoms. The van der Waals surface area contributed by atoms with E-state index in [0.29, 0.717) is 10.7 Å². The number of rotatable bonds is 5. The van der Waals surface area contributed by atoms with Crippen LogP contribution in [0.3, 0.4) is 0 Å². The van der Waals surface area contributed by atoms with Crippen molar-refractivity contribution in [3.63, 3.8) is 0 Å². The molecule has 1 aromatic carbocycles. The first-order valence-electron chi connectivity index (χ1n) is 10.2. The molecular weight excluding hydrogens is 444 g/mol. The normalized spacial score (nSPS) is 11.4. The third kappa shape index (κ3) is 4.20. The third-order valence-corrected chi connectivity index (χ3v) is 7.18. The minimum Gasteiger partial charge on any atom is -0.272 e. The first kappa shape index (κ1) is 22.2. The summed E-state index contributed by atoms with van der Waals surface area (Å²) in [6, 6.07) is 7.11. The zero-order chi connectivity index (χ0) is 23.0. The van der Waals surface area contributed by atoms with Gasteiger partial charge in [-0.25, -0.2) is 4.98 Å². The van der Waals surface area contributed by atoms with Crippen molar-refractivity contribution in [2.75, 3.05) is 5.75 Å². The van der Waals surface area contributed by atoms with Crippen LogP contribution in [0.5, 0.6) is 0 Å². The zero-order valence-corrected chi connectivity index (χ0v) is 20.1. The van der Waals surface area contributed by atoms with Crippen LogP contribution >= 0.6 is 23.1 Å². The number of hydrogen-bond acceptors (Lipinski definition) is 7. The van der Waals surface area contributed by atoms with Gasteiger partial charge in [0.2, 0.25) is 5.91 Å². The number of thiophene rings is 1. The molecule has 0 aliphatic carbocycles. The molecule has 4 rings (SSSR count). The van der Waals surface area contributed by atoms with Crippen molar-refractivity contribution in [3.05, 3.63) is 51.7 Å². The summed E-state index contributed by atoms with van der Waals surface area (Å²) < 4.78 is 1.94. The van der Waals surface area contributed by atoms with Gasteiger partial charge in [-0.05, 0) is 38.5 Å². The zero-order valence-electron chi connectivity index (χ0n) is 18.5. The number of nitrogens with zero attached hydrogens (tertiary/aromatic N) is 4. The van der Waals surface area contributed by atoms with E-state index in [2.05, 4.69) is 48.7 Å². The smallest absolute Gasteiger partial charge is 0.269 e. The van der Waals surface area contributed by atoms with E-state index >= 15 is 0 Å². The van der Waals surface area contributed by atoms with Gasteiger partial charge >= 0.3 is 0 Å². The molecule has 0 aliphatic heterocycles. The molecular formula is C22H24N6O2S2. The summed E-state index contributed by atoms with van der Waals surface area (Å²) in [6.07, 6.45) is 0. The summed E-state index contributed by atoms with van der Waals surface area (Å²) in [7, 11) is 0. The van der Waals surface area contributed by atoms with Crippen molar-refractivity contribution in [2.45, 2.75) is 45.7 Å². The first-order chi connectivity index (χ1) is 15.3. The van der Waals surface area contributed by atoms with E-state index in [-0.39, 0.29) is 23.5 Å². The maximum absolute atomic E-state index is 12.3. The molecule has 0 aliphatic rings. The molecule has 8 nitrogen and oxygen atoms in total. The Balaban J connectivity index is 1.50. The van der Waals surface area contributed by atoms with Gasteiger partial charge in [-0.15, -0.1) is 21.5 Å². The molecule has 0 bridgehead atoms. The fourth-order valence-electron chi connectivity index (χ4n) is 3.29. The second kappa shape index (κ2) is 8.87. The summed E-state index contributed by atoms with van der Waals surface area (Å²) in [5, 5.41) is 10.4. The highest BCUT2D eigenvalue weighted by Crippen LogP contribution is 2.34. The average Bonchev–Trinajstić information content (AvgIpc) is 3.30. The number of carbonyl (C=O) groups excluding carboxylic acids is 2. The highest BCUT2D eigenvalue weighted by molar-refractivity contribution is 7.99. The summed E-state index contributed by atoms with van der Waals surface area (Å²) in [5.41, 5.74) is 8.35. The number of hydrazine groups is 1. The Morgan fingerprint density at radius 3 is 2.50 bits per heavy atom. The van der Waals surface area contributed by atoms with Gasteiger partial charge < -0.3 is 0 Å². The Bertz CT molecular complexity index is 1320. The lowest BCUT2D eigenvalue weighted by Crippen LogP contribution is -2.42. The molecule has 2 amide bonds. The van der Waals surface area contributed by atoms with Crippen molar-refractivity contribution in [3.8, 4) is 0 Å². The van der Waals surface area contributed by atoms with Crippen LogP contribution in [0.4, 0.5) is 0 Å². The van der Waals surface area contributed by atoms with Gasteiger partial charge in [0.05, 0.1) is 11.1 Å². The van der Waals surface area contributed by atoms with Crippen LogP contribution < -0.4 is 10.9 Å². The number of hydrogen-bond donors (Lipinski definition) is 2. The Morgan fingerprint density at radius 1 is 1.09 bits per heavy atom. The number of aromatic nitrogens is 4. The van der Waals surface area contributed by atoms with Gasteiger partial charge in [-0.2, -0.15) is 0 Å². The molecule has 3 aromatic heterocycles. The standard InChI is InChI=1S/C22H24N6O2S2/c1-11(2)18-23-21-17(13(4)14(5)32-21)19-25-27-22(28(18)19)31-10-16(29)24-26-20(30)15-8-6-12(3)7-9-15/h6-9,11H,10H2,1-5H3,(H,24,29)(H,26,30). The number of benzene rings is 1. The topological polar surface area (TPSA) is 101 Å². The molecule has 4 aromatic rings. The van der Waals surface area contributed by atoms with Crippen LogP contribution in [0.1, 0.15) is 52.0 Å². The van der Waals surface area contributed by atoms with Crippen LogP contribution in [0.25, 0.3) is 15.9 Å². The average molecular weight is 469 g/mol. The molecule has 0 spiro atoms. The van der Waals surface area contributed by atoms with Crippen LogP contribution in [-0.2, 0) is 4.79 Å². The second-order valence-corrected chi connectivity index (χ2v) is 10.0. The molecule has 0 saturated heterocycles. The molecule has 32 heavy (non-hydrogen) atoms. The van der Waals surface area contributed by atoms with Crippen LogP contribution in [0.15, 0.2) is 29.4 Å². The number of carbonyl (C=O) groups is 2. The van der Waals surface area contributed by atoms with Crippen molar-refractivity contribution in [2.24, 2.45) is 0 Å². The maximum atomic E-state index is 12.3. The molecule has 0 unspecified atom stereocenters. The minimum atomic E-state index is -0.367. The highest BCUT2D eigenvalue weighted by atomic mass is 32.2.